The van der Waals surface area contributed by atoms with Crippen LogP contribution >= 0.6 is 22.9 Å². The van der Waals surface area contributed by atoms with Gasteiger partial charge in [0.15, 0.2) is 5.13 Å². The number of rotatable bonds is 6. The number of piperazine rings is 1. The summed E-state index contributed by atoms with van der Waals surface area (Å²) in [6.45, 7) is 9.64. The Morgan fingerprint density at radius 1 is 1.32 bits per heavy atom. The van der Waals surface area contributed by atoms with E-state index in [-0.39, 0.29) is 5.91 Å². The zero-order chi connectivity index (χ0) is 17.8. The zero-order valence-corrected chi connectivity index (χ0v) is 16.4. The average molecular weight is 381 g/mol. The third-order valence-corrected chi connectivity index (χ3v) is 6.13. The summed E-state index contributed by atoms with van der Waals surface area (Å²) >= 11 is 8.00. The summed E-state index contributed by atoms with van der Waals surface area (Å²) in [7, 11) is 0. The standard InChI is InChI=1S/C18H25ClN4OS/c1-3-4-15(24)20-7-8-22-9-11-23(12-10-22)18-21-16-13(2)5-6-14(19)17(16)25-18/h5-6H,3-4,7-12H2,1-2H3,(H,20,24). The van der Waals surface area contributed by atoms with Gasteiger partial charge in [0.2, 0.25) is 5.91 Å². The molecule has 0 saturated carbocycles. The lowest BCUT2D eigenvalue weighted by atomic mass is 10.2. The lowest BCUT2D eigenvalue weighted by Crippen LogP contribution is -2.48. The van der Waals surface area contributed by atoms with Crippen LogP contribution in [-0.4, -0.2) is 55.1 Å². The molecule has 1 aromatic heterocycles. The number of thiazole rings is 1. The third-order valence-electron chi connectivity index (χ3n) is 4.56. The van der Waals surface area contributed by atoms with E-state index in [1.165, 1.54) is 5.56 Å². The second kappa shape index (κ2) is 8.34. The van der Waals surface area contributed by atoms with Gasteiger partial charge in [0.1, 0.15) is 0 Å². The van der Waals surface area contributed by atoms with Crippen molar-refractivity contribution in [3.8, 4) is 0 Å². The van der Waals surface area contributed by atoms with Crippen LogP contribution in [0.3, 0.4) is 0 Å². The number of aryl methyl sites for hydroxylation is 1. The highest BCUT2D eigenvalue weighted by Gasteiger charge is 2.20. The van der Waals surface area contributed by atoms with E-state index >= 15 is 0 Å². The van der Waals surface area contributed by atoms with Crippen molar-refractivity contribution in [1.82, 2.24) is 15.2 Å². The Bertz CT molecular complexity index is 701. The first kappa shape index (κ1) is 18.4. The van der Waals surface area contributed by atoms with Crippen LogP contribution in [0.2, 0.25) is 5.02 Å². The van der Waals surface area contributed by atoms with Crippen molar-refractivity contribution in [2.75, 3.05) is 44.2 Å². The highest BCUT2D eigenvalue weighted by atomic mass is 35.5. The number of aromatic nitrogens is 1. The molecule has 1 aromatic carbocycles. The molecule has 1 N–H and O–H groups in total. The summed E-state index contributed by atoms with van der Waals surface area (Å²) in [4.78, 5) is 21.1. The molecule has 0 unspecified atom stereocenters. The molecule has 2 aromatic rings. The van der Waals surface area contributed by atoms with Crippen LogP contribution in [0, 0.1) is 6.92 Å². The van der Waals surface area contributed by atoms with E-state index in [0.29, 0.717) is 6.42 Å². The highest BCUT2D eigenvalue weighted by molar-refractivity contribution is 7.22. The monoisotopic (exact) mass is 380 g/mol. The van der Waals surface area contributed by atoms with Crippen molar-refractivity contribution in [3.05, 3.63) is 22.7 Å². The average Bonchev–Trinajstić information content (AvgIpc) is 3.06. The van der Waals surface area contributed by atoms with Crippen molar-refractivity contribution >= 4 is 44.2 Å². The van der Waals surface area contributed by atoms with E-state index < -0.39 is 0 Å². The highest BCUT2D eigenvalue weighted by Crippen LogP contribution is 2.35. The smallest absolute Gasteiger partial charge is 0.220 e. The minimum Gasteiger partial charge on any atom is -0.355 e. The van der Waals surface area contributed by atoms with Gasteiger partial charge < -0.3 is 10.2 Å². The number of hydrogen-bond acceptors (Lipinski definition) is 5. The maximum Gasteiger partial charge on any atom is 0.220 e. The number of amides is 1. The number of carbonyl (C=O) groups excluding carboxylic acids is 1. The summed E-state index contributed by atoms with van der Waals surface area (Å²) < 4.78 is 1.08. The lowest BCUT2D eigenvalue weighted by Gasteiger charge is -2.34. The second-order valence-corrected chi connectivity index (χ2v) is 7.85. The van der Waals surface area contributed by atoms with Gasteiger partial charge in [-0.05, 0) is 25.0 Å². The Morgan fingerprint density at radius 2 is 2.08 bits per heavy atom. The van der Waals surface area contributed by atoms with Gasteiger partial charge in [-0.3, -0.25) is 9.69 Å². The first-order valence-corrected chi connectivity index (χ1v) is 10.1. The van der Waals surface area contributed by atoms with E-state index in [0.717, 1.165) is 66.1 Å². The Hall–Kier alpha value is -1.37. The van der Waals surface area contributed by atoms with Gasteiger partial charge in [0, 0.05) is 45.7 Å². The molecule has 1 saturated heterocycles. The Balaban J connectivity index is 1.53. The number of nitrogens with one attached hydrogen (secondary N) is 1. The van der Waals surface area contributed by atoms with E-state index in [9.17, 15) is 4.79 Å². The summed E-state index contributed by atoms with van der Waals surface area (Å²) in [6, 6.07) is 3.98. The summed E-state index contributed by atoms with van der Waals surface area (Å²) in [6.07, 6.45) is 1.52. The molecular formula is C18H25ClN4OS. The largest absolute Gasteiger partial charge is 0.355 e. The zero-order valence-electron chi connectivity index (χ0n) is 14.8. The van der Waals surface area contributed by atoms with Crippen molar-refractivity contribution in [1.29, 1.82) is 0 Å². The second-order valence-electron chi connectivity index (χ2n) is 6.47. The fraction of sp³-hybridized carbons (Fsp3) is 0.556. The number of nitrogens with zero attached hydrogens (tertiary/aromatic N) is 3. The number of carbonyl (C=O) groups is 1. The SMILES string of the molecule is CCCC(=O)NCCN1CCN(c2nc3c(C)ccc(Cl)c3s2)CC1. The number of hydrogen-bond donors (Lipinski definition) is 1. The number of halogens is 1. The molecule has 7 heteroatoms. The van der Waals surface area contributed by atoms with E-state index in [4.69, 9.17) is 16.6 Å². The molecule has 0 spiro atoms. The summed E-state index contributed by atoms with van der Waals surface area (Å²) in [5, 5.41) is 4.83. The van der Waals surface area contributed by atoms with Gasteiger partial charge >= 0.3 is 0 Å². The molecule has 5 nitrogen and oxygen atoms in total. The van der Waals surface area contributed by atoms with Gasteiger partial charge in [-0.2, -0.15) is 0 Å². The predicted octanol–water partition coefficient (Wildman–Crippen LogP) is 3.30. The summed E-state index contributed by atoms with van der Waals surface area (Å²) in [5.74, 6) is 0.155. The minimum absolute atomic E-state index is 0.155. The number of benzene rings is 1. The van der Waals surface area contributed by atoms with Crippen LogP contribution in [0.15, 0.2) is 12.1 Å². The lowest BCUT2D eigenvalue weighted by molar-refractivity contribution is -0.121. The molecule has 2 heterocycles. The molecule has 1 aliphatic heterocycles. The van der Waals surface area contributed by atoms with Gasteiger partial charge in [-0.1, -0.05) is 35.9 Å². The fourth-order valence-electron chi connectivity index (χ4n) is 3.06. The van der Waals surface area contributed by atoms with Crippen molar-refractivity contribution < 1.29 is 4.79 Å². The molecule has 0 atom stereocenters. The number of anilines is 1. The maximum atomic E-state index is 11.5. The normalized spacial score (nSPS) is 15.7. The quantitative estimate of drug-likeness (QED) is 0.835. The van der Waals surface area contributed by atoms with Crippen molar-refractivity contribution in [2.45, 2.75) is 26.7 Å². The van der Waals surface area contributed by atoms with E-state index in [2.05, 4.69) is 22.0 Å². The van der Waals surface area contributed by atoms with Gasteiger partial charge in [0.05, 0.1) is 15.2 Å². The van der Waals surface area contributed by atoms with Gasteiger partial charge in [-0.15, -0.1) is 0 Å². The van der Waals surface area contributed by atoms with Gasteiger partial charge in [0.25, 0.3) is 0 Å². The van der Waals surface area contributed by atoms with Crippen molar-refractivity contribution in [2.24, 2.45) is 0 Å². The van der Waals surface area contributed by atoms with Crippen LogP contribution in [0.4, 0.5) is 5.13 Å². The molecule has 0 radical (unpaired) electrons. The molecule has 3 rings (SSSR count). The van der Waals surface area contributed by atoms with E-state index in [1.54, 1.807) is 11.3 Å². The molecule has 1 fully saturated rings. The Labute approximate surface area is 158 Å². The molecule has 25 heavy (non-hydrogen) atoms. The molecule has 0 bridgehead atoms. The Kier molecular flexibility index (Phi) is 6.15. The molecule has 1 aliphatic rings. The van der Waals surface area contributed by atoms with Crippen molar-refractivity contribution in [3.63, 3.8) is 0 Å². The predicted molar refractivity (Wildman–Crippen MR) is 106 cm³/mol. The summed E-state index contributed by atoms with van der Waals surface area (Å²) in [5.41, 5.74) is 2.19. The van der Waals surface area contributed by atoms with Gasteiger partial charge in [-0.25, -0.2) is 4.98 Å². The van der Waals surface area contributed by atoms with Crippen LogP contribution < -0.4 is 10.2 Å². The Morgan fingerprint density at radius 3 is 2.76 bits per heavy atom. The first-order valence-electron chi connectivity index (χ1n) is 8.88. The molecular weight excluding hydrogens is 356 g/mol. The molecule has 0 aliphatic carbocycles. The minimum atomic E-state index is 0.155. The maximum absolute atomic E-state index is 11.5. The van der Waals surface area contributed by atoms with E-state index in [1.807, 2.05) is 19.1 Å². The van der Waals surface area contributed by atoms with Crippen LogP contribution in [0.25, 0.3) is 10.2 Å². The molecule has 1 amide bonds. The molecule has 136 valence electrons. The van der Waals surface area contributed by atoms with Crippen LogP contribution in [0.5, 0.6) is 0 Å². The first-order chi connectivity index (χ1) is 12.1. The third kappa shape index (κ3) is 4.43. The topological polar surface area (TPSA) is 48.5 Å². The number of fused-ring (bicyclic) bond motifs is 1. The van der Waals surface area contributed by atoms with Crippen LogP contribution in [-0.2, 0) is 4.79 Å². The fourth-order valence-corrected chi connectivity index (χ4v) is 4.43. The van der Waals surface area contributed by atoms with Crippen LogP contribution in [0.1, 0.15) is 25.3 Å².